The summed E-state index contributed by atoms with van der Waals surface area (Å²) in [4.78, 5) is 0. The maximum absolute atomic E-state index is 3.92. The Bertz CT molecular complexity index is 455. The van der Waals surface area contributed by atoms with Gasteiger partial charge in [0.05, 0.1) is 0 Å². The van der Waals surface area contributed by atoms with E-state index < -0.39 is 0 Å². The van der Waals surface area contributed by atoms with Crippen LogP contribution in [0.3, 0.4) is 0 Å². The van der Waals surface area contributed by atoms with Gasteiger partial charge in [0.15, 0.2) is 0 Å². The molecule has 0 heterocycles. The van der Waals surface area contributed by atoms with Gasteiger partial charge in [0.1, 0.15) is 0 Å². The lowest BCUT2D eigenvalue weighted by Crippen LogP contribution is -2.38. The molecule has 1 N–H and O–H groups in total. The fraction of sp³-hybridized carbons (Fsp3) is 0.700. The second-order valence-corrected chi connectivity index (χ2v) is 8.37. The molecular formula is C20H33N. The zero-order valence-corrected chi connectivity index (χ0v) is 14.7. The van der Waals surface area contributed by atoms with Crippen molar-refractivity contribution in [3.05, 3.63) is 29.8 Å². The summed E-state index contributed by atoms with van der Waals surface area (Å²) >= 11 is 0. The molecule has 118 valence electrons. The molecule has 3 atom stereocenters. The molecule has 1 aromatic carbocycles. The molecule has 1 nitrogen and oxygen atoms in total. The minimum atomic E-state index is 0.192. The standard InChI is InChI=1S/C20H33N/c1-14(2)16-12-11-15(3)13-19(16)21-18-10-8-7-9-17(18)20(4,5)6/h7-10,14-16,19,21H,11-13H2,1-6H3. The second kappa shape index (κ2) is 6.42. The molecule has 1 aromatic rings. The number of anilines is 1. The van der Waals surface area contributed by atoms with Crippen LogP contribution in [-0.2, 0) is 5.41 Å². The molecule has 0 aliphatic heterocycles. The Hall–Kier alpha value is -0.980. The van der Waals surface area contributed by atoms with Crippen molar-refractivity contribution in [3.63, 3.8) is 0 Å². The lowest BCUT2D eigenvalue weighted by atomic mass is 9.73. The monoisotopic (exact) mass is 287 g/mol. The van der Waals surface area contributed by atoms with Crippen LogP contribution in [0, 0.1) is 17.8 Å². The van der Waals surface area contributed by atoms with E-state index in [2.05, 4.69) is 71.1 Å². The van der Waals surface area contributed by atoms with E-state index in [4.69, 9.17) is 0 Å². The first-order valence-electron chi connectivity index (χ1n) is 8.65. The highest BCUT2D eigenvalue weighted by molar-refractivity contribution is 5.54. The first kappa shape index (κ1) is 16.4. The number of para-hydroxylation sites is 1. The number of nitrogens with one attached hydrogen (secondary N) is 1. The Morgan fingerprint density at radius 2 is 1.76 bits per heavy atom. The van der Waals surface area contributed by atoms with Gasteiger partial charge in [0.25, 0.3) is 0 Å². The van der Waals surface area contributed by atoms with Gasteiger partial charge >= 0.3 is 0 Å². The van der Waals surface area contributed by atoms with E-state index in [1.165, 1.54) is 30.5 Å². The summed E-state index contributed by atoms with van der Waals surface area (Å²) < 4.78 is 0. The number of benzene rings is 1. The molecule has 0 saturated heterocycles. The fourth-order valence-electron chi connectivity index (χ4n) is 3.83. The highest BCUT2D eigenvalue weighted by Gasteiger charge is 2.31. The van der Waals surface area contributed by atoms with Gasteiger partial charge in [-0.1, -0.05) is 66.2 Å². The summed E-state index contributed by atoms with van der Waals surface area (Å²) in [6.45, 7) is 14.1. The first-order valence-corrected chi connectivity index (χ1v) is 8.65. The summed E-state index contributed by atoms with van der Waals surface area (Å²) in [7, 11) is 0. The highest BCUT2D eigenvalue weighted by atomic mass is 14.9. The van der Waals surface area contributed by atoms with Crippen molar-refractivity contribution >= 4 is 5.69 Å². The van der Waals surface area contributed by atoms with Crippen LogP contribution in [0.5, 0.6) is 0 Å². The van der Waals surface area contributed by atoms with Gasteiger partial charge in [0.2, 0.25) is 0 Å². The SMILES string of the molecule is CC1CCC(C(C)C)C(Nc2ccccc2C(C)(C)C)C1. The van der Waals surface area contributed by atoms with E-state index in [1.54, 1.807) is 0 Å². The van der Waals surface area contributed by atoms with Crippen LogP contribution in [0.25, 0.3) is 0 Å². The van der Waals surface area contributed by atoms with Crippen LogP contribution < -0.4 is 5.32 Å². The third-order valence-corrected chi connectivity index (χ3v) is 5.10. The van der Waals surface area contributed by atoms with E-state index >= 15 is 0 Å². The molecule has 1 heteroatoms. The number of rotatable bonds is 3. The Labute approximate surface area is 131 Å². The predicted molar refractivity (Wildman–Crippen MR) is 93.9 cm³/mol. The lowest BCUT2D eigenvalue weighted by molar-refractivity contribution is 0.212. The maximum Gasteiger partial charge on any atom is 0.0380 e. The van der Waals surface area contributed by atoms with Crippen LogP contribution in [0.4, 0.5) is 5.69 Å². The lowest BCUT2D eigenvalue weighted by Gasteiger charge is -2.39. The van der Waals surface area contributed by atoms with Gasteiger partial charge < -0.3 is 5.32 Å². The van der Waals surface area contributed by atoms with Crippen molar-refractivity contribution in [2.24, 2.45) is 17.8 Å². The average molecular weight is 287 g/mol. The molecule has 1 aliphatic carbocycles. The van der Waals surface area contributed by atoms with E-state index in [0.29, 0.717) is 6.04 Å². The van der Waals surface area contributed by atoms with E-state index in [9.17, 15) is 0 Å². The molecule has 0 aromatic heterocycles. The molecule has 3 unspecified atom stereocenters. The smallest absolute Gasteiger partial charge is 0.0380 e. The van der Waals surface area contributed by atoms with Crippen molar-refractivity contribution in [3.8, 4) is 0 Å². The molecule has 2 rings (SSSR count). The Balaban J connectivity index is 2.23. The van der Waals surface area contributed by atoms with Gasteiger partial charge in [-0.3, -0.25) is 0 Å². The molecule has 21 heavy (non-hydrogen) atoms. The third-order valence-electron chi connectivity index (χ3n) is 5.10. The third kappa shape index (κ3) is 4.02. The zero-order chi connectivity index (χ0) is 15.6. The normalized spacial score (nSPS) is 26.9. The molecule has 1 aliphatic rings. The predicted octanol–water partition coefficient (Wildman–Crippen LogP) is 5.86. The Morgan fingerprint density at radius 1 is 1.10 bits per heavy atom. The van der Waals surface area contributed by atoms with Crippen molar-refractivity contribution < 1.29 is 0 Å². The number of hydrogen-bond acceptors (Lipinski definition) is 1. The van der Waals surface area contributed by atoms with Gasteiger partial charge in [-0.15, -0.1) is 0 Å². The summed E-state index contributed by atoms with van der Waals surface area (Å²) in [5.41, 5.74) is 2.97. The summed E-state index contributed by atoms with van der Waals surface area (Å²) in [6.07, 6.45) is 4.07. The van der Waals surface area contributed by atoms with Gasteiger partial charge in [-0.05, 0) is 47.6 Å². The van der Waals surface area contributed by atoms with Gasteiger partial charge in [-0.2, -0.15) is 0 Å². The van der Waals surface area contributed by atoms with Crippen LogP contribution in [0.1, 0.15) is 66.4 Å². The quantitative estimate of drug-likeness (QED) is 0.734. The second-order valence-electron chi connectivity index (χ2n) is 8.37. The topological polar surface area (TPSA) is 12.0 Å². The van der Waals surface area contributed by atoms with E-state index in [0.717, 1.165) is 17.8 Å². The largest absolute Gasteiger partial charge is 0.382 e. The van der Waals surface area contributed by atoms with E-state index in [-0.39, 0.29) is 5.41 Å². The summed E-state index contributed by atoms with van der Waals surface area (Å²) in [5, 5.41) is 3.92. The summed E-state index contributed by atoms with van der Waals surface area (Å²) in [6, 6.07) is 9.48. The van der Waals surface area contributed by atoms with Crippen LogP contribution in [0.2, 0.25) is 0 Å². The average Bonchev–Trinajstić information content (AvgIpc) is 2.37. The molecule has 0 radical (unpaired) electrons. The minimum absolute atomic E-state index is 0.192. The fourth-order valence-corrected chi connectivity index (χ4v) is 3.83. The minimum Gasteiger partial charge on any atom is -0.382 e. The summed E-state index contributed by atoms with van der Waals surface area (Å²) in [5.74, 6) is 2.41. The Morgan fingerprint density at radius 3 is 2.38 bits per heavy atom. The molecule has 1 saturated carbocycles. The number of hydrogen-bond donors (Lipinski definition) is 1. The molecule has 0 amide bonds. The maximum atomic E-state index is 3.92. The first-order chi connectivity index (χ1) is 9.79. The Kier molecular flexibility index (Phi) is 5.01. The van der Waals surface area contributed by atoms with Gasteiger partial charge in [0, 0.05) is 11.7 Å². The van der Waals surface area contributed by atoms with Crippen LogP contribution in [0.15, 0.2) is 24.3 Å². The van der Waals surface area contributed by atoms with Crippen LogP contribution in [-0.4, -0.2) is 6.04 Å². The van der Waals surface area contributed by atoms with Crippen molar-refractivity contribution in [2.75, 3.05) is 5.32 Å². The van der Waals surface area contributed by atoms with Crippen molar-refractivity contribution in [2.45, 2.75) is 72.3 Å². The zero-order valence-electron chi connectivity index (χ0n) is 14.7. The van der Waals surface area contributed by atoms with Crippen molar-refractivity contribution in [1.29, 1.82) is 0 Å². The molecule has 1 fully saturated rings. The molecule has 0 spiro atoms. The van der Waals surface area contributed by atoms with Gasteiger partial charge in [-0.25, -0.2) is 0 Å². The van der Waals surface area contributed by atoms with Crippen molar-refractivity contribution in [1.82, 2.24) is 0 Å². The molecule has 0 bridgehead atoms. The highest BCUT2D eigenvalue weighted by Crippen LogP contribution is 2.37. The molecular weight excluding hydrogens is 254 g/mol. The van der Waals surface area contributed by atoms with Crippen LogP contribution >= 0.6 is 0 Å². The van der Waals surface area contributed by atoms with E-state index in [1.807, 2.05) is 0 Å².